The van der Waals surface area contributed by atoms with Gasteiger partial charge < -0.3 is 16.4 Å². The van der Waals surface area contributed by atoms with Crippen LogP contribution in [0.4, 0.5) is 11.4 Å². The molecule has 4 nitrogen and oxygen atoms in total. The van der Waals surface area contributed by atoms with Crippen LogP contribution >= 0.6 is 0 Å². The summed E-state index contributed by atoms with van der Waals surface area (Å²) in [6, 6.07) is 12.4. The minimum atomic E-state index is 0.780. The van der Waals surface area contributed by atoms with Crippen LogP contribution in [0.25, 0.3) is 27.2 Å². The van der Waals surface area contributed by atoms with E-state index in [1.807, 2.05) is 12.1 Å². The Bertz CT molecular complexity index is 1150. The number of benzene rings is 2. The first-order valence-corrected chi connectivity index (χ1v) is 10.2. The second-order valence-electron chi connectivity index (χ2n) is 7.66. The number of nitrogens with zero attached hydrogens (tertiary/aromatic N) is 2. The Morgan fingerprint density at radius 3 is 2.52 bits per heavy atom. The molecule has 1 heterocycles. The zero-order chi connectivity index (χ0) is 20.4. The molecule has 0 unspecified atom stereocenters. The standard InChI is InChI=1S/C25H28N4/c1-3-28(2)14-15-29-24-17-20(27)11-13-22(24)21-12-10-19(26)16-23(21)25(29)18-8-6-4-5-7-9-18/h4-6,8-13,16-17,27H,3,7,14-15,26H2,1-2H3/p+1. The minimum Gasteiger partial charge on any atom is -0.399 e. The topological polar surface area (TPSA) is 59.2 Å². The molecule has 0 radical (unpaired) electrons. The Kier molecular flexibility index (Phi) is 5.36. The van der Waals surface area contributed by atoms with Crippen molar-refractivity contribution in [2.45, 2.75) is 19.9 Å². The van der Waals surface area contributed by atoms with Gasteiger partial charge in [-0.25, -0.2) is 0 Å². The molecule has 4 heteroatoms. The second kappa shape index (κ2) is 8.10. The number of anilines is 2. The monoisotopic (exact) mass is 385 g/mol. The zero-order valence-corrected chi connectivity index (χ0v) is 17.2. The number of rotatable bonds is 5. The van der Waals surface area contributed by atoms with Crippen LogP contribution in [0.3, 0.4) is 0 Å². The van der Waals surface area contributed by atoms with Gasteiger partial charge in [-0.05, 0) is 50.4 Å². The van der Waals surface area contributed by atoms with Crippen molar-refractivity contribution in [2.75, 3.05) is 31.6 Å². The maximum absolute atomic E-state index is 6.23. The molecule has 4 rings (SSSR count). The minimum absolute atomic E-state index is 0.780. The lowest BCUT2D eigenvalue weighted by atomic mass is 9.97. The van der Waals surface area contributed by atoms with E-state index in [1.54, 1.807) is 0 Å². The fraction of sp³-hybridized carbons (Fsp3) is 0.240. The molecule has 0 aliphatic heterocycles. The summed E-state index contributed by atoms with van der Waals surface area (Å²) in [6.45, 7) is 5.04. The van der Waals surface area contributed by atoms with Gasteiger partial charge in [0.05, 0.1) is 17.3 Å². The number of pyridine rings is 1. The summed E-state index contributed by atoms with van der Waals surface area (Å²) < 4.78 is 2.42. The summed E-state index contributed by atoms with van der Waals surface area (Å²) in [7, 11) is 2.16. The Morgan fingerprint density at radius 1 is 0.966 bits per heavy atom. The first-order valence-electron chi connectivity index (χ1n) is 10.2. The molecule has 29 heavy (non-hydrogen) atoms. The highest BCUT2D eigenvalue weighted by Gasteiger charge is 2.24. The number of allylic oxidation sites excluding steroid dienone is 6. The molecule has 1 aliphatic carbocycles. The van der Waals surface area contributed by atoms with Crippen LogP contribution in [0, 0.1) is 0 Å². The van der Waals surface area contributed by atoms with E-state index in [0.29, 0.717) is 0 Å². The summed E-state index contributed by atoms with van der Waals surface area (Å²) in [5.41, 5.74) is 17.6. The number of likely N-dealkylation sites (N-methyl/N-ethyl adjacent to an activating group) is 1. The summed E-state index contributed by atoms with van der Waals surface area (Å²) in [6.07, 6.45) is 11.8. The smallest absolute Gasteiger partial charge is 0.220 e. The summed E-state index contributed by atoms with van der Waals surface area (Å²) in [5, 5.41) is 3.59. The average molecular weight is 386 g/mol. The lowest BCUT2D eigenvalue weighted by Gasteiger charge is -2.16. The van der Waals surface area contributed by atoms with Crippen LogP contribution < -0.4 is 16.0 Å². The van der Waals surface area contributed by atoms with Gasteiger partial charge in [0, 0.05) is 28.4 Å². The third kappa shape index (κ3) is 3.76. The normalized spacial score (nSPS) is 14.0. The molecule has 0 saturated carbocycles. The number of nitrogens with two attached hydrogens (primary N) is 2. The SMILES string of the molecule is CCN(C)CC[n+]1c(C2=CCC=CC=C2)c2cc(N)ccc2c2ccc(N)cc21. The van der Waals surface area contributed by atoms with Crippen molar-refractivity contribution in [3.63, 3.8) is 0 Å². The molecule has 0 amide bonds. The second-order valence-corrected chi connectivity index (χ2v) is 7.66. The Balaban J connectivity index is 2.08. The third-order valence-electron chi connectivity index (χ3n) is 5.69. The van der Waals surface area contributed by atoms with Gasteiger partial charge in [-0.2, -0.15) is 4.57 Å². The molecule has 148 valence electrons. The van der Waals surface area contributed by atoms with Crippen molar-refractivity contribution in [2.24, 2.45) is 0 Å². The van der Waals surface area contributed by atoms with Crippen molar-refractivity contribution in [1.82, 2.24) is 4.90 Å². The van der Waals surface area contributed by atoms with Crippen LogP contribution in [0.2, 0.25) is 0 Å². The van der Waals surface area contributed by atoms with Crippen LogP contribution in [0.5, 0.6) is 0 Å². The van der Waals surface area contributed by atoms with Gasteiger partial charge in [0.25, 0.3) is 0 Å². The van der Waals surface area contributed by atoms with E-state index in [0.717, 1.165) is 42.9 Å². The molecule has 1 aliphatic rings. The lowest BCUT2D eigenvalue weighted by Crippen LogP contribution is -2.43. The van der Waals surface area contributed by atoms with E-state index in [-0.39, 0.29) is 0 Å². The van der Waals surface area contributed by atoms with E-state index in [1.165, 1.54) is 27.4 Å². The Morgan fingerprint density at radius 2 is 1.72 bits per heavy atom. The molecule has 0 fully saturated rings. The van der Waals surface area contributed by atoms with Gasteiger partial charge in [0.15, 0.2) is 6.54 Å². The lowest BCUT2D eigenvalue weighted by molar-refractivity contribution is -0.671. The van der Waals surface area contributed by atoms with Gasteiger partial charge in [0.1, 0.15) is 0 Å². The maximum Gasteiger partial charge on any atom is 0.220 e. The summed E-state index contributed by atoms with van der Waals surface area (Å²) in [5.74, 6) is 0. The highest BCUT2D eigenvalue weighted by Crippen LogP contribution is 2.32. The van der Waals surface area contributed by atoms with E-state index < -0.39 is 0 Å². The molecule has 0 saturated heterocycles. The first-order chi connectivity index (χ1) is 14.1. The molecular weight excluding hydrogens is 356 g/mol. The first kappa shape index (κ1) is 19.2. The summed E-state index contributed by atoms with van der Waals surface area (Å²) >= 11 is 0. The maximum atomic E-state index is 6.23. The van der Waals surface area contributed by atoms with Crippen molar-refractivity contribution in [3.05, 3.63) is 72.5 Å². The van der Waals surface area contributed by atoms with Crippen molar-refractivity contribution >= 4 is 38.6 Å². The molecule has 0 atom stereocenters. The number of hydrogen-bond acceptors (Lipinski definition) is 3. The van der Waals surface area contributed by atoms with Crippen molar-refractivity contribution in [3.8, 4) is 0 Å². The predicted octanol–water partition coefficient (Wildman–Crippen LogP) is 4.30. The Labute approximate surface area is 172 Å². The fourth-order valence-corrected chi connectivity index (χ4v) is 3.99. The van der Waals surface area contributed by atoms with Crippen molar-refractivity contribution < 1.29 is 4.57 Å². The van der Waals surface area contributed by atoms with Gasteiger partial charge in [-0.1, -0.05) is 37.3 Å². The third-order valence-corrected chi connectivity index (χ3v) is 5.69. The average Bonchev–Trinajstić information content (AvgIpc) is 3.00. The fourth-order valence-electron chi connectivity index (χ4n) is 3.99. The van der Waals surface area contributed by atoms with E-state index >= 15 is 0 Å². The molecule has 1 aromatic heterocycles. The number of aromatic nitrogens is 1. The van der Waals surface area contributed by atoms with Crippen LogP contribution in [-0.2, 0) is 6.54 Å². The predicted molar refractivity (Wildman–Crippen MR) is 125 cm³/mol. The number of fused-ring (bicyclic) bond motifs is 3. The van der Waals surface area contributed by atoms with Gasteiger partial charge in [-0.15, -0.1) is 0 Å². The van der Waals surface area contributed by atoms with E-state index in [4.69, 9.17) is 11.5 Å². The van der Waals surface area contributed by atoms with Crippen LogP contribution in [0.15, 0.2) is 66.8 Å². The van der Waals surface area contributed by atoms with E-state index in [2.05, 4.69) is 78.1 Å². The largest absolute Gasteiger partial charge is 0.399 e. The highest BCUT2D eigenvalue weighted by atomic mass is 15.1. The molecule has 4 N–H and O–H groups in total. The zero-order valence-electron chi connectivity index (χ0n) is 17.2. The van der Waals surface area contributed by atoms with Crippen LogP contribution in [0.1, 0.15) is 19.0 Å². The highest BCUT2D eigenvalue weighted by molar-refractivity contribution is 6.09. The van der Waals surface area contributed by atoms with Crippen LogP contribution in [-0.4, -0.2) is 25.0 Å². The van der Waals surface area contributed by atoms with Gasteiger partial charge in [-0.3, -0.25) is 0 Å². The van der Waals surface area contributed by atoms with Gasteiger partial charge >= 0.3 is 0 Å². The number of nitrogen functional groups attached to an aromatic ring is 2. The molecule has 0 bridgehead atoms. The molecule has 2 aromatic carbocycles. The van der Waals surface area contributed by atoms with Gasteiger partial charge in [0.2, 0.25) is 11.2 Å². The quantitative estimate of drug-likeness (QED) is 0.391. The molecule has 3 aromatic rings. The molecule has 0 spiro atoms. The number of hydrogen-bond donors (Lipinski definition) is 2. The van der Waals surface area contributed by atoms with Crippen molar-refractivity contribution in [1.29, 1.82) is 0 Å². The Hall–Kier alpha value is -3.11. The summed E-state index contributed by atoms with van der Waals surface area (Å²) in [4.78, 5) is 2.33. The molecular formula is C25H29N4+. The van der Waals surface area contributed by atoms with E-state index in [9.17, 15) is 0 Å².